The Morgan fingerprint density at radius 1 is 1.21 bits per heavy atom. The second-order valence-electron chi connectivity index (χ2n) is 6.39. The fourth-order valence-electron chi connectivity index (χ4n) is 3.01. The standard InChI is InChI=1S/C19H27NO4/c1-14(24-18(21)12-9-15-5-3-4-6-15)19(22)20-13-16-7-10-17(23-2)11-8-16/h7-8,10-11,14-15H,3-6,9,12-13H2,1-2H3,(H,20,22)/t14-/m0/s1. The van der Waals surface area contributed by atoms with Crippen LogP contribution in [0.2, 0.25) is 0 Å². The van der Waals surface area contributed by atoms with Gasteiger partial charge in [0.15, 0.2) is 6.10 Å². The molecule has 2 rings (SSSR count). The predicted octanol–water partition coefficient (Wildman–Crippen LogP) is 3.21. The first-order valence-corrected chi connectivity index (χ1v) is 8.68. The zero-order valence-electron chi connectivity index (χ0n) is 14.5. The number of rotatable bonds is 8. The van der Waals surface area contributed by atoms with E-state index in [9.17, 15) is 9.59 Å². The van der Waals surface area contributed by atoms with Gasteiger partial charge in [0.25, 0.3) is 5.91 Å². The molecule has 132 valence electrons. The van der Waals surface area contributed by atoms with Crippen molar-refractivity contribution in [2.45, 2.75) is 58.1 Å². The zero-order chi connectivity index (χ0) is 17.4. The minimum atomic E-state index is -0.765. The molecule has 5 heteroatoms. The Morgan fingerprint density at radius 3 is 2.50 bits per heavy atom. The maximum Gasteiger partial charge on any atom is 0.306 e. The van der Waals surface area contributed by atoms with Crippen molar-refractivity contribution in [1.82, 2.24) is 5.32 Å². The first-order chi connectivity index (χ1) is 11.6. The van der Waals surface area contributed by atoms with Crippen molar-refractivity contribution in [3.63, 3.8) is 0 Å². The van der Waals surface area contributed by atoms with Crippen molar-refractivity contribution in [3.8, 4) is 5.75 Å². The van der Waals surface area contributed by atoms with Crippen molar-refractivity contribution in [3.05, 3.63) is 29.8 Å². The van der Waals surface area contributed by atoms with Gasteiger partial charge in [-0.2, -0.15) is 0 Å². The molecule has 0 heterocycles. The molecular formula is C19H27NO4. The fraction of sp³-hybridized carbons (Fsp3) is 0.579. The first-order valence-electron chi connectivity index (χ1n) is 8.68. The van der Waals surface area contributed by atoms with Gasteiger partial charge in [-0.3, -0.25) is 9.59 Å². The van der Waals surface area contributed by atoms with E-state index in [0.29, 0.717) is 18.9 Å². The van der Waals surface area contributed by atoms with Crippen molar-refractivity contribution >= 4 is 11.9 Å². The molecule has 1 saturated carbocycles. The molecule has 1 atom stereocenters. The third-order valence-corrected chi connectivity index (χ3v) is 4.53. The summed E-state index contributed by atoms with van der Waals surface area (Å²) in [5.41, 5.74) is 0.962. The van der Waals surface area contributed by atoms with E-state index in [1.165, 1.54) is 25.7 Å². The lowest BCUT2D eigenvalue weighted by molar-refractivity contribution is -0.155. The molecule has 1 aromatic rings. The summed E-state index contributed by atoms with van der Waals surface area (Å²) in [5, 5.41) is 2.78. The molecule has 0 aromatic heterocycles. The third kappa shape index (κ3) is 5.87. The number of ether oxygens (including phenoxy) is 2. The number of esters is 1. The highest BCUT2D eigenvalue weighted by molar-refractivity contribution is 5.83. The molecule has 0 unspecified atom stereocenters. The van der Waals surface area contributed by atoms with Gasteiger partial charge in [-0.1, -0.05) is 37.8 Å². The summed E-state index contributed by atoms with van der Waals surface area (Å²) in [6, 6.07) is 7.46. The number of nitrogens with one attached hydrogen (secondary N) is 1. The van der Waals surface area contributed by atoms with Gasteiger partial charge in [0, 0.05) is 13.0 Å². The lowest BCUT2D eigenvalue weighted by atomic mass is 10.0. The number of carbonyl (C=O) groups excluding carboxylic acids is 2. The number of amides is 1. The molecule has 0 radical (unpaired) electrons. The topological polar surface area (TPSA) is 64.6 Å². The fourth-order valence-corrected chi connectivity index (χ4v) is 3.01. The Bertz CT molecular complexity index is 535. The van der Waals surface area contributed by atoms with Gasteiger partial charge in [-0.05, 0) is 37.0 Å². The monoisotopic (exact) mass is 333 g/mol. The van der Waals surface area contributed by atoms with E-state index in [1.807, 2.05) is 24.3 Å². The smallest absolute Gasteiger partial charge is 0.306 e. The molecule has 0 aliphatic heterocycles. The van der Waals surface area contributed by atoms with Crippen LogP contribution in [-0.4, -0.2) is 25.1 Å². The summed E-state index contributed by atoms with van der Waals surface area (Å²) >= 11 is 0. The number of hydrogen-bond donors (Lipinski definition) is 1. The van der Waals surface area contributed by atoms with Crippen molar-refractivity contribution in [2.24, 2.45) is 5.92 Å². The maximum absolute atomic E-state index is 12.0. The molecule has 1 N–H and O–H groups in total. The van der Waals surface area contributed by atoms with Crippen molar-refractivity contribution in [2.75, 3.05) is 7.11 Å². The number of hydrogen-bond acceptors (Lipinski definition) is 4. The van der Waals surface area contributed by atoms with Crippen molar-refractivity contribution in [1.29, 1.82) is 0 Å². The minimum absolute atomic E-state index is 0.278. The lowest BCUT2D eigenvalue weighted by Gasteiger charge is -2.14. The zero-order valence-corrected chi connectivity index (χ0v) is 14.5. The van der Waals surface area contributed by atoms with Crippen LogP contribution in [-0.2, 0) is 20.9 Å². The number of methoxy groups -OCH3 is 1. The SMILES string of the molecule is COc1ccc(CNC(=O)[C@H](C)OC(=O)CCC2CCCC2)cc1. The molecule has 1 fully saturated rings. The lowest BCUT2D eigenvalue weighted by Crippen LogP contribution is -2.35. The van der Waals surface area contributed by atoms with E-state index in [1.54, 1.807) is 14.0 Å². The van der Waals surface area contributed by atoms with Gasteiger partial charge in [-0.25, -0.2) is 0 Å². The second-order valence-corrected chi connectivity index (χ2v) is 6.39. The molecule has 5 nitrogen and oxygen atoms in total. The third-order valence-electron chi connectivity index (χ3n) is 4.53. The largest absolute Gasteiger partial charge is 0.497 e. The number of benzene rings is 1. The van der Waals surface area contributed by atoms with Gasteiger partial charge in [0.1, 0.15) is 5.75 Å². The summed E-state index contributed by atoms with van der Waals surface area (Å²) in [6.45, 7) is 2.00. The normalized spacial score (nSPS) is 15.8. The van der Waals surface area contributed by atoms with Gasteiger partial charge in [-0.15, -0.1) is 0 Å². The highest BCUT2D eigenvalue weighted by Gasteiger charge is 2.20. The Labute approximate surface area is 143 Å². The average molecular weight is 333 g/mol. The summed E-state index contributed by atoms with van der Waals surface area (Å²) in [5.74, 6) is 0.862. The molecule has 1 aliphatic rings. The first kappa shape index (κ1) is 18.3. The number of carbonyl (C=O) groups is 2. The van der Waals surface area contributed by atoms with Crippen LogP contribution in [0, 0.1) is 5.92 Å². The van der Waals surface area contributed by atoms with Crippen LogP contribution in [0.3, 0.4) is 0 Å². The molecule has 24 heavy (non-hydrogen) atoms. The van der Waals surface area contributed by atoms with E-state index in [0.717, 1.165) is 17.7 Å². The van der Waals surface area contributed by atoms with Crippen LogP contribution >= 0.6 is 0 Å². The van der Waals surface area contributed by atoms with Gasteiger partial charge in [0.05, 0.1) is 7.11 Å². The van der Waals surface area contributed by atoms with Gasteiger partial charge >= 0.3 is 5.97 Å². The summed E-state index contributed by atoms with van der Waals surface area (Å²) in [6.07, 6.45) is 5.48. The van der Waals surface area contributed by atoms with Crippen molar-refractivity contribution < 1.29 is 19.1 Å². The van der Waals surface area contributed by atoms with E-state index in [4.69, 9.17) is 9.47 Å². The van der Waals surface area contributed by atoms with Crippen LogP contribution in [0.25, 0.3) is 0 Å². The minimum Gasteiger partial charge on any atom is -0.497 e. The van der Waals surface area contributed by atoms with E-state index >= 15 is 0 Å². The molecular weight excluding hydrogens is 306 g/mol. The van der Waals surface area contributed by atoms with Crippen LogP contribution in [0.4, 0.5) is 0 Å². The highest BCUT2D eigenvalue weighted by Crippen LogP contribution is 2.28. The Morgan fingerprint density at radius 2 is 1.88 bits per heavy atom. The van der Waals surface area contributed by atoms with E-state index in [2.05, 4.69) is 5.32 Å². The van der Waals surface area contributed by atoms with Crippen LogP contribution in [0.5, 0.6) is 5.75 Å². The summed E-state index contributed by atoms with van der Waals surface area (Å²) < 4.78 is 10.3. The molecule has 1 aromatic carbocycles. The molecule has 0 bridgehead atoms. The van der Waals surface area contributed by atoms with Gasteiger partial charge in [0.2, 0.25) is 0 Å². The average Bonchev–Trinajstić information content (AvgIpc) is 3.11. The van der Waals surface area contributed by atoms with Crippen LogP contribution in [0.15, 0.2) is 24.3 Å². The highest BCUT2D eigenvalue weighted by atomic mass is 16.5. The van der Waals surface area contributed by atoms with Gasteiger partial charge < -0.3 is 14.8 Å². The Hall–Kier alpha value is -2.04. The van der Waals surface area contributed by atoms with E-state index < -0.39 is 6.10 Å². The molecule has 1 aliphatic carbocycles. The summed E-state index contributed by atoms with van der Waals surface area (Å²) in [7, 11) is 1.61. The summed E-state index contributed by atoms with van der Waals surface area (Å²) in [4.78, 5) is 23.9. The molecule has 0 spiro atoms. The Balaban J connectivity index is 1.67. The quantitative estimate of drug-likeness (QED) is 0.742. The maximum atomic E-state index is 12.0. The van der Waals surface area contributed by atoms with Crippen LogP contribution < -0.4 is 10.1 Å². The molecule has 1 amide bonds. The van der Waals surface area contributed by atoms with Crippen LogP contribution in [0.1, 0.15) is 51.0 Å². The Kier molecular flexibility index (Phi) is 7.09. The predicted molar refractivity (Wildman–Crippen MR) is 91.6 cm³/mol. The van der Waals surface area contributed by atoms with E-state index in [-0.39, 0.29) is 11.9 Å². The molecule has 0 saturated heterocycles. The second kappa shape index (κ2) is 9.30.